The summed E-state index contributed by atoms with van der Waals surface area (Å²) in [6.07, 6.45) is 0.827. The summed E-state index contributed by atoms with van der Waals surface area (Å²) in [6, 6.07) is 5.63. The molecule has 0 saturated carbocycles. The van der Waals surface area contributed by atoms with Crippen LogP contribution in [0.5, 0.6) is 5.75 Å². The van der Waals surface area contributed by atoms with Crippen LogP contribution in [-0.2, 0) is 16.0 Å². The number of hydrazone groups is 1. The number of fused-ring (bicyclic) bond motifs is 1. The van der Waals surface area contributed by atoms with Gasteiger partial charge in [0.15, 0.2) is 0 Å². The Morgan fingerprint density at radius 3 is 3.00 bits per heavy atom. The van der Waals surface area contributed by atoms with E-state index in [1.54, 1.807) is 6.92 Å². The van der Waals surface area contributed by atoms with Gasteiger partial charge in [0.1, 0.15) is 11.4 Å². The average molecular weight is 297 g/mol. The van der Waals surface area contributed by atoms with Gasteiger partial charge in [0.05, 0.1) is 12.3 Å². The third-order valence-corrected chi connectivity index (χ3v) is 3.03. The lowest BCUT2D eigenvalue weighted by molar-refractivity contribution is -0.134. The molecule has 1 aliphatic heterocycles. The van der Waals surface area contributed by atoms with Crippen molar-refractivity contribution in [3.05, 3.63) is 23.8 Å². The molecule has 0 spiro atoms. The van der Waals surface area contributed by atoms with Crippen LogP contribution < -0.4 is 10.2 Å². The first kappa shape index (κ1) is 14.7. The smallest absolute Gasteiger partial charge is 0.370 e. The highest BCUT2D eigenvalue weighted by molar-refractivity contribution is 6.82. The summed E-state index contributed by atoms with van der Waals surface area (Å²) in [5.41, 5.74) is 4.40. The van der Waals surface area contributed by atoms with E-state index in [9.17, 15) is 4.79 Å². The Bertz CT molecular complexity index is 555. The Hall–Kier alpha value is -1.75. The van der Waals surface area contributed by atoms with E-state index in [1.165, 1.54) is 0 Å². The number of halogens is 1. The third kappa shape index (κ3) is 3.42. The van der Waals surface area contributed by atoms with Gasteiger partial charge in [-0.2, -0.15) is 5.10 Å². The number of nitrogens with one attached hydrogen (secondary N) is 1. The first-order chi connectivity index (χ1) is 9.41. The van der Waals surface area contributed by atoms with Gasteiger partial charge in [-0.25, -0.2) is 4.79 Å². The molecule has 1 N–H and O–H groups in total. The van der Waals surface area contributed by atoms with Crippen LogP contribution in [0, 0.1) is 0 Å². The van der Waals surface area contributed by atoms with E-state index in [0.717, 1.165) is 23.4 Å². The van der Waals surface area contributed by atoms with Crippen molar-refractivity contribution in [2.24, 2.45) is 5.10 Å². The van der Waals surface area contributed by atoms with E-state index in [4.69, 9.17) is 21.1 Å². The van der Waals surface area contributed by atoms with Crippen molar-refractivity contribution in [3.8, 4) is 5.75 Å². The summed E-state index contributed by atoms with van der Waals surface area (Å²) < 4.78 is 10.5. The van der Waals surface area contributed by atoms with Gasteiger partial charge >= 0.3 is 5.97 Å². The number of benzene rings is 1. The van der Waals surface area contributed by atoms with Crippen molar-refractivity contribution >= 4 is 28.4 Å². The molecule has 1 aromatic carbocycles. The molecule has 0 radical (unpaired) electrons. The van der Waals surface area contributed by atoms with Gasteiger partial charge in [0.2, 0.25) is 5.17 Å². The van der Waals surface area contributed by atoms with E-state index < -0.39 is 5.97 Å². The second kappa shape index (κ2) is 5.71. The predicted octanol–water partition coefficient (Wildman–Crippen LogP) is 2.93. The van der Waals surface area contributed by atoms with Gasteiger partial charge in [-0.05, 0) is 39.0 Å². The van der Waals surface area contributed by atoms with Crippen molar-refractivity contribution < 1.29 is 14.3 Å². The fourth-order valence-electron chi connectivity index (χ4n) is 2.03. The van der Waals surface area contributed by atoms with E-state index in [2.05, 4.69) is 10.5 Å². The molecule has 6 heteroatoms. The SMILES string of the molecule is CCOC(=O)/C(Cl)=N/Nc1ccc2c(c1)CC(C)(C)O2. The van der Waals surface area contributed by atoms with Crippen molar-refractivity contribution in [2.45, 2.75) is 32.8 Å². The number of nitrogens with zero attached hydrogens (tertiary/aromatic N) is 1. The molecule has 1 heterocycles. The maximum absolute atomic E-state index is 11.3. The fourth-order valence-corrected chi connectivity index (χ4v) is 2.13. The zero-order valence-electron chi connectivity index (χ0n) is 11.7. The average Bonchev–Trinajstić information content (AvgIpc) is 2.69. The lowest BCUT2D eigenvalue weighted by Crippen LogP contribution is -2.24. The summed E-state index contributed by atoms with van der Waals surface area (Å²) in [7, 11) is 0. The molecule has 108 valence electrons. The zero-order valence-corrected chi connectivity index (χ0v) is 12.5. The molecule has 0 amide bonds. The van der Waals surface area contributed by atoms with Crippen molar-refractivity contribution in [3.63, 3.8) is 0 Å². The second-order valence-corrected chi connectivity index (χ2v) is 5.45. The van der Waals surface area contributed by atoms with Crippen LogP contribution >= 0.6 is 11.6 Å². The van der Waals surface area contributed by atoms with Gasteiger partial charge < -0.3 is 9.47 Å². The Morgan fingerprint density at radius 2 is 2.30 bits per heavy atom. The number of rotatable bonds is 4. The molecule has 20 heavy (non-hydrogen) atoms. The molecule has 0 bridgehead atoms. The third-order valence-electron chi connectivity index (χ3n) is 2.79. The number of anilines is 1. The monoisotopic (exact) mass is 296 g/mol. The van der Waals surface area contributed by atoms with Gasteiger partial charge in [-0.15, -0.1) is 0 Å². The van der Waals surface area contributed by atoms with Crippen LogP contribution in [0.1, 0.15) is 26.3 Å². The molecule has 2 rings (SSSR count). The maximum atomic E-state index is 11.3. The molecule has 1 aromatic rings. The quantitative estimate of drug-likeness (QED) is 0.527. The highest BCUT2D eigenvalue weighted by Crippen LogP contribution is 2.36. The predicted molar refractivity (Wildman–Crippen MR) is 78.4 cm³/mol. The first-order valence-corrected chi connectivity index (χ1v) is 6.77. The van der Waals surface area contributed by atoms with Crippen molar-refractivity contribution in [1.29, 1.82) is 0 Å². The summed E-state index contributed by atoms with van der Waals surface area (Å²) in [6.45, 7) is 6.04. The van der Waals surface area contributed by atoms with E-state index in [0.29, 0.717) is 0 Å². The number of carbonyl (C=O) groups is 1. The highest BCUT2D eigenvalue weighted by atomic mass is 35.5. The van der Waals surface area contributed by atoms with Gasteiger partial charge in [0, 0.05) is 12.0 Å². The van der Waals surface area contributed by atoms with Crippen molar-refractivity contribution in [2.75, 3.05) is 12.0 Å². The van der Waals surface area contributed by atoms with E-state index >= 15 is 0 Å². The van der Waals surface area contributed by atoms with Crippen LogP contribution in [0.15, 0.2) is 23.3 Å². The fraction of sp³-hybridized carbons (Fsp3) is 0.429. The minimum atomic E-state index is -0.646. The molecule has 5 nitrogen and oxygen atoms in total. The minimum absolute atomic E-state index is 0.188. The Balaban J connectivity index is 2.06. The van der Waals surface area contributed by atoms with Crippen LogP contribution in [0.2, 0.25) is 0 Å². The minimum Gasteiger partial charge on any atom is -0.487 e. The molecule has 1 aliphatic rings. The summed E-state index contributed by atoms with van der Waals surface area (Å²) in [5.74, 6) is 0.230. The van der Waals surface area contributed by atoms with Gasteiger partial charge in [-0.1, -0.05) is 11.6 Å². The molecule has 0 aliphatic carbocycles. The number of carbonyl (C=O) groups excluding carboxylic acids is 1. The van der Waals surface area contributed by atoms with E-state index in [1.807, 2.05) is 32.0 Å². The Morgan fingerprint density at radius 1 is 1.55 bits per heavy atom. The van der Waals surface area contributed by atoms with E-state index in [-0.39, 0.29) is 17.4 Å². The zero-order chi connectivity index (χ0) is 14.8. The van der Waals surface area contributed by atoms with Gasteiger partial charge in [-0.3, -0.25) is 5.43 Å². The summed E-state index contributed by atoms with van der Waals surface area (Å²) in [4.78, 5) is 11.3. The maximum Gasteiger partial charge on any atom is 0.370 e. The number of hydrogen-bond donors (Lipinski definition) is 1. The Kier molecular flexibility index (Phi) is 4.18. The highest BCUT2D eigenvalue weighted by Gasteiger charge is 2.29. The number of esters is 1. The largest absolute Gasteiger partial charge is 0.487 e. The molecule has 0 aromatic heterocycles. The van der Waals surface area contributed by atoms with Gasteiger partial charge in [0.25, 0.3) is 0 Å². The molecular formula is C14H17ClN2O3. The summed E-state index contributed by atoms with van der Waals surface area (Å²) >= 11 is 5.71. The number of hydrogen-bond acceptors (Lipinski definition) is 5. The van der Waals surface area contributed by atoms with Crippen molar-refractivity contribution in [1.82, 2.24) is 0 Å². The standard InChI is InChI=1S/C14H17ClN2O3/c1-4-19-13(18)12(15)17-16-10-5-6-11-9(7-10)8-14(2,3)20-11/h5-7,16H,4,8H2,1-3H3/b17-12-. The molecule has 0 saturated heterocycles. The molecule has 0 unspecified atom stereocenters. The topological polar surface area (TPSA) is 59.9 Å². The molecule has 0 fully saturated rings. The lowest BCUT2D eigenvalue weighted by atomic mass is 10.0. The van der Waals surface area contributed by atoms with Crippen LogP contribution in [0.3, 0.4) is 0 Å². The van der Waals surface area contributed by atoms with Crippen LogP contribution in [0.25, 0.3) is 0 Å². The first-order valence-electron chi connectivity index (χ1n) is 6.39. The lowest BCUT2D eigenvalue weighted by Gasteiger charge is -2.16. The van der Waals surface area contributed by atoms with Crippen LogP contribution in [-0.4, -0.2) is 23.3 Å². The summed E-state index contributed by atoms with van der Waals surface area (Å²) in [5, 5.41) is 3.56. The Labute approximate surface area is 122 Å². The normalized spacial score (nSPS) is 16.3. The van der Waals surface area contributed by atoms with Crippen LogP contribution in [0.4, 0.5) is 5.69 Å². The molecular weight excluding hydrogens is 280 g/mol. The molecule has 0 atom stereocenters. The second-order valence-electron chi connectivity index (χ2n) is 5.10. The number of ether oxygens (including phenoxy) is 2.